The number of aromatic hydroxyl groups is 1. The number of phenols is 1. The number of aliphatic hydroxyl groups is 1. The van der Waals surface area contributed by atoms with Crippen molar-refractivity contribution in [3.05, 3.63) is 47.5 Å². The highest BCUT2D eigenvalue weighted by molar-refractivity contribution is 6.03. The third-order valence-electron chi connectivity index (χ3n) is 9.33. The number of likely N-dealkylation sites (N-methyl/N-ethyl adjacent to an activating group) is 2. The molecular weight excluding hydrogens is 418 g/mol. The number of hydrogen-bond donors (Lipinski definition) is 2. The van der Waals surface area contributed by atoms with Crippen molar-refractivity contribution in [3.63, 3.8) is 0 Å². The van der Waals surface area contributed by atoms with Gasteiger partial charge in [0.05, 0.1) is 35.0 Å². The summed E-state index contributed by atoms with van der Waals surface area (Å²) in [6.45, 7) is 1.15. The van der Waals surface area contributed by atoms with Gasteiger partial charge in [0.15, 0.2) is 11.5 Å². The Labute approximate surface area is 193 Å². The number of likely N-dealkylation sites (tertiary alicyclic amines) is 1. The highest BCUT2D eigenvalue weighted by Gasteiger charge is 2.73. The number of carbonyl (C=O) groups is 1. The molecule has 1 unspecified atom stereocenters. The molecule has 2 aromatic rings. The Bertz CT molecular complexity index is 1200. The zero-order chi connectivity index (χ0) is 22.7. The summed E-state index contributed by atoms with van der Waals surface area (Å²) in [5, 5.41) is 23.2. The second-order valence-corrected chi connectivity index (χ2v) is 10.5. The summed E-state index contributed by atoms with van der Waals surface area (Å²) in [6, 6.07) is 11.7. The fourth-order valence-corrected chi connectivity index (χ4v) is 7.80. The van der Waals surface area contributed by atoms with E-state index in [2.05, 4.69) is 22.9 Å². The maximum absolute atomic E-state index is 13.0. The van der Waals surface area contributed by atoms with Gasteiger partial charge in [-0.25, -0.2) is 0 Å². The molecule has 0 radical (unpaired) electrons. The maximum atomic E-state index is 13.0. The van der Waals surface area contributed by atoms with Gasteiger partial charge in [-0.05, 0) is 63.0 Å². The number of benzene rings is 2. The summed E-state index contributed by atoms with van der Waals surface area (Å²) in [6.07, 6.45) is 2.56. The second kappa shape index (κ2) is 6.21. The Balaban J connectivity index is 1.42. The third kappa shape index (κ3) is 2.16. The topological polar surface area (TPSA) is 76.5 Å². The molecule has 2 aliphatic carbocycles. The Morgan fingerprint density at radius 1 is 1.09 bits per heavy atom. The number of hydrogen-bond acceptors (Lipinski definition) is 6. The molecule has 2 N–H and O–H groups in total. The standard InChI is InChI=1S/C26H29N3O4/c1-27-12-11-25-22-15-7-8-19(30)23(22)33-24(25)18(9-10-26(25,32)20(27)13-15)29-14-21(31)28(2)16-5-3-4-6-17(16)29/h3-8,18,20,24,30,32H,9-14H2,1-2H3/t18-,20-,24+,25+,26?/m1/s1. The summed E-state index contributed by atoms with van der Waals surface area (Å²) in [5.41, 5.74) is 2.59. The molecule has 1 amide bonds. The molecule has 1 saturated carbocycles. The highest BCUT2D eigenvalue weighted by atomic mass is 16.5. The van der Waals surface area contributed by atoms with Crippen LogP contribution >= 0.6 is 0 Å². The zero-order valence-corrected chi connectivity index (χ0v) is 19.0. The zero-order valence-electron chi connectivity index (χ0n) is 19.0. The molecule has 2 bridgehead atoms. The van der Waals surface area contributed by atoms with Gasteiger partial charge in [-0.2, -0.15) is 0 Å². The van der Waals surface area contributed by atoms with Crippen LogP contribution in [0, 0.1) is 0 Å². The van der Waals surface area contributed by atoms with Crippen LogP contribution in [0.5, 0.6) is 11.5 Å². The predicted octanol–water partition coefficient (Wildman–Crippen LogP) is 2.03. The molecule has 1 saturated heterocycles. The molecule has 7 nitrogen and oxygen atoms in total. The molecule has 33 heavy (non-hydrogen) atoms. The number of fused-ring (bicyclic) bond motifs is 1. The van der Waals surface area contributed by atoms with Crippen molar-refractivity contribution in [3.8, 4) is 11.5 Å². The molecule has 3 aliphatic heterocycles. The van der Waals surface area contributed by atoms with E-state index in [-0.39, 0.29) is 36.4 Å². The first-order chi connectivity index (χ1) is 15.9. The molecule has 0 aromatic heterocycles. The van der Waals surface area contributed by atoms with Crippen molar-refractivity contribution in [2.75, 3.05) is 37.0 Å². The molecule has 172 valence electrons. The number of phenolic OH excluding ortho intramolecular Hbond substituents is 1. The van der Waals surface area contributed by atoms with Crippen molar-refractivity contribution >= 4 is 17.3 Å². The molecule has 5 aliphatic rings. The van der Waals surface area contributed by atoms with Crippen LogP contribution in [-0.2, 0) is 16.6 Å². The van der Waals surface area contributed by atoms with E-state index in [1.165, 1.54) is 5.56 Å². The largest absolute Gasteiger partial charge is 0.504 e. The minimum atomic E-state index is -0.927. The number of rotatable bonds is 1. The summed E-state index contributed by atoms with van der Waals surface area (Å²) in [5.74, 6) is 0.737. The van der Waals surface area contributed by atoms with Crippen molar-refractivity contribution < 1.29 is 19.7 Å². The molecule has 5 atom stereocenters. The monoisotopic (exact) mass is 447 g/mol. The summed E-state index contributed by atoms with van der Waals surface area (Å²) >= 11 is 0. The fourth-order valence-electron chi connectivity index (χ4n) is 7.80. The van der Waals surface area contributed by atoms with Crippen LogP contribution in [0.3, 0.4) is 0 Å². The predicted molar refractivity (Wildman–Crippen MR) is 124 cm³/mol. The lowest BCUT2D eigenvalue weighted by Crippen LogP contribution is -2.78. The molecular formula is C26H29N3O4. The van der Waals surface area contributed by atoms with Gasteiger partial charge in [-0.15, -0.1) is 0 Å². The van der Waals surface area contributed by atoms with Crippen LogP contribution in [0.15, 0.2) is 36.4 Å². The SMILES string of the molecule is CN1C(=O)CN([C@@H]2CCC3(O)[C@H]4Cc5ccc(O)c6c5[C@@]3(CCN4C)[C@H]2O6)c2ccccc21. The minimum absolute atomic E-state index is 0.0164. The lowest BCUT2D eigenvalue weighted by molar-refractivity contribution is -0.184. The van der Waals surface area contributed by atoms with Crippen molar-refractivity contribution in [2.24, 2.45) is 0 Å². The summed E-state index contributed by atoms with van der Waals surface area (Å²) in [4.78, 5) is 19.2. The average Bonchev–Trinajstić information content (AvgIpc) is 3.16. The van der Waals surface area contributed by atoms with Gasteiger partial charge in [0.25, 0.3) is 0 Å². The molecule has 1 spiro atoms. The van der Waals surface area contributed by atoms with Gasteiger partial charge in [-0.1, -0.05) is 18.2 Å². The van der Waals surface area contributed by atoms with Crippen LogP contribution in [0.2, 0.25) is 0 Å². The van der Waals surface area contributed by atoms with Crippen LogP contribution in [0.4, 0.5) is 11.4 Å². The van der Waals surface area contributed by atoms with Gasteiger partial charge in [0, 0.05) is 18.7 Å². The van der Waals surface area contributed by atoms with Crippen LogP contribution < -0.4 is 14.5 Å². The number of ether oxygens (including phenoxy) is 1. The minimum Gasteiger partial charge on any atom is -0.504 e. The van der Waals surface area contributed by atoms with Gasteiger partial charge in [0.1, 0.15) is 6.10 Å². The first-order valence-electron chi connectivity index (χ1n) is 11.9. The van der Waals surface area contributed by atoms with E-state index in [0.29, 0.717) is 12.2 Å². The number of carbonyl (C=O) groups excluding carboxylic acids is 1. The Kier molecular flexibility index (Phi) is 3.70. The Morgan fingerprint density at radius 3 is 2.70 bits per heavy atom. The average molecular weight is 448 g/mol. The van der Waals surface area contributed by atoms with Crippen LogP contribution in [0.1, 0.15) is 30.4 Å². The lowest BCUT2D eigenvalue weighted by Gasteiger charge is -2.64. The van der Waals surface area contributed by atoms with Gasteiger partial charge in [-0.3, -0.25) is 4.79 Å². The van der Waals surface area contributed by atoms with Gasteiger partial charge in [0.2, 0.25) is 5.91 Å². The van der Waals surface area contributed by atoms with E-state index in [4.69, 9.17) is 4.74 Å². The number of nitrogens with zero attached hydrogens (tertiary/aromatic N) is 3. The quantitative estimate of drug-likeness (QED) is 0.697. The number of anilines is 2. The first-order valence-corrected chi connectivity index (χ1v) is 11.9. The van der Waals surface area contributed by atoms with Gasteiger partial charge < -0.3 is 29.6 Å². The Hall–Kier alpha value is -2.77. The summed E-state index contributed by atoms with van der Waals surface area (Å²) < 4.78 is 6.66. The molecule has 2 aromatic carbocycles. The van der Waals surface area contributed by atoms with E-state index >= 15 is 0 Å². The number of para-hydroxylation sites is 2. The molecule has 7 heteroatoms. The van der Waals surface area contributed by atoms with E-state index in [0.717, 1.165) is 42.7 Å². The second-order valence-electron chi connectivity index (χ2n) is 10.5. The third-order valence-corrected chi connectivity index (χ3v) is 9.33. The van der Waals surface area contributed by atoms with E-state index in [1.807, 2.05) is 31.3 Å². The van der Waals surface area contributed by atoms with E-state index in [9.17, 15) is 15.0 Å². The molecule has 7 rings (SSSR count). The first kappa shape index (κ1) is 19.7. The van der Waals surface area contributed by atoms with Crippen LogP contribution in [0.25, 0.3) is 0 Å². The number of amides is 1. The normalized spacial score (nSPS) is 36.3. The van der Waals surface area contributed by atoms with E-state index < -0.39 is 11.0 Å². The van der Waals surface area contributed by atoms with Crippen molar-refractivity contribution in [1.82, 2.24) is 4.90 Å². The van der Waals surface area contributed by atoms with Crippen LogP contribution in [-0.4, -0.2) is 72.0 Å². The molecule has 2 fully saturated rings. The fraction of sp³-hybridized carbons (Fsp3) is 0.500. The lowest BCUT2D eigenvalue weighted by atomic mass is 9.48. The Morgan fingerprint density at radius 2 is 1.88 bits per heavy atom. The van der Waals surface area contributed by atoms with Crippen molar-refractivity contribution in [2.45, 2.75) is 54.9 Å². The maximum Gasteiger partial charge on any atom is 0.246 e. The van der Waals surface area contributed by atoms with E-state index in [1.54, 1.807) is 11.0 Å². The summed E-state index contributed by atoms with van der Waals surface area (Å²) in [7, 11) is 3.93. The highest BCUT2D eigenvalue weighted by Crippen LogP contribution is 2.66. The number of piperidine rings is 1. The van der Waals surface area contributed by atoms with Gasteiger partial charge >= 0.3 is 0 Å². The molecule has 3 heterocycles. The van der Waals surface area contributed by atoms with Crippen molar-refractivity contribution in [1.29, 1.82) is 0 Å². The smallest absolute Gasteiger partial charge is 0.246 e.